The van der Waals surface area contributed by atoms with Gasteiger partial charge in [0.15, 0.2) is 0 Å². The Morgan fingerprint density at radius 3 is 2.88 bits per heavy atom. The van der Waals surface area contributed by atoms with E-state index in [1.807, 2.05) is 0 Å². The van der Waals surface area contributed by atoms with Crippen LogP contribution in [0, 0.1) is 13.8 Å². The molecule has 1 aromatic carbocycles. The van der Waals surface area contributed by atoms with E-state index in [9.17, 15) is 0 Å². The number of thioether (sulfide) groups is 1. The third-order valence-corrected chi connectivity index (χ3v) is 4.69. The van der Waals surface area contributed by atoms with Crippen molar-refractivity contribution in [3.05, 3.63) is 34.9 Å². The third kappa shape index (κ3) is 3.26. The molecule has 1 atom stereocenters. The molecule has 2 heteroatoms. The van der Waals surface area contributed by atoms with Crippen LogP contribution in [0.4, 0.5) is 0 Å². The molecule has 0 bridgehead atoms. The minimum absolute atomic E-state index is 0.853. The predicted octanol–water partition coefficient (Wildman–Crippen LogP) is 3.29. The van der Waals surface area contributed by atoms with E-state index in [1.165, 1.54) is 35.3 Å². The van der Waals surface area contributed by atoms with Gasteiger partial charge >= 0.3 is 0 Å². The van der Waals surface area contributed by atoms with E-state index in [1.54, 1.807) is 0 Å². The van der Waals surface area contributed by atoms with Crippen molar-refractivity contribution in [1.29, 1.82) is 0 Å². The Morgan fingerprint density at radius 1 is 1.31 bits per heavy atom. The second kappa shape index (κ2) is 5.74. The maximum atomic E-state index is 3.57. The first-order valence-electron chi connectivity index (χ1n) is 6.14. The fourth-order valence-electron chi connectivity index (χ4n) is 2.10. The van der Waals surface area contributed by atoms with Gasteiger partial charge in [0.05, 0.1) is 0 Å². The van der Waals surface area contributed by atoms with Crippen LogP contribution in [0.1, 0.15) is 29.5 Å². The van der Waals surface area contributed by atoms with E-state index >= 15 is 0 Å². The molecule has 1 aromatic rings. The molecule has 0 saturated carbocycles. The lowest BCUT2D eigenvalue weighted by molar-refractivity contribution is 0.645. The number of nitrogens with one attached hydrogen (secondary N) is 1. The van der Waals surface area contributed by atoms with Crippen LogP contribution in [0.3, 0.4) is 0 Å². The largest absolute Gasteiger partial charge is 0.312 e. The van der Waals surface area contributed by atoms with E-state index in [-0.39, 0.29) is 0 Å². The summed E-state index contributed by atoms with van der Waals surface area (Å²) in [5, 5.41) is 4.42. The van der Waals surface area contributed by atoms with Crippen molar-refractivity contribution in [3.63, 3.8) is 0 Å². The smallest absolute Gasteiger partial charge is 0.0206 e. The van der Waals surface area contributed by atoms with E-state index in [0.29, 0.717) is 0 Å². The third-order valence-electron chi connectivity index (χ3n) is 3.30. The monoisotopic (exact) mass is 235 g/mol. The van der Waals surface area contributed by atoms with Crippen molar-refractivity contribution >= 4 is 11.8 Å². The molecule has 1 saturated heterocycles. The van der Waals surface area contributed by atoms with E-state index in [4.69, 9.17) is 0 Å². The maximum absolute atomic E-state index is 3.57. The SMILES string of the molecule is Cc1ccc(CNCC2CCCS2)cc1C. The van der Waals surface area contributed by atoms with Gasteiger partial charge in [-0.15, -0.1) is 0 Å². The summed E-state index contributed by atoms with van der Waals surface area (Å²) < 4.78 is 0. The number of hydrogen-bond acceptors (Lipinski definition) is 2. The zero-order chi connectivity index (χ0) is 11.4. The van der Waals surface area contributed by atoms with Gasteiger partial charge in [0.2, 0.25) is 0 Å². The molecule has 88 valence electrons. The number of aryl methyl sites for hydroxylation is 2. The predicted molar refractivity (Wildman–Crippen MR) is 73.1 cm³/mol. The molecule has 1 unspecified atom stereocenters. The Kier molecular flexibility index (Phi) is 4.30. The van der Waals surface area contributed by atoms with Gasteiger partial charge in [0.25, 0.3) is 0 Å². The Labute approximate surface area is 103 Å². The second-order valence-electron chi connectivity index (χ2n) is 4.68. The summed E-state index contributed by atoms with van der Waals surface area (Å²) in [7, 11) is 0. The van der Waals surface area contributed by atoms with Crippen LogP contribution in [0.25, 0.3) is 0 Å². The molecular weight excluding hydrogens is 214 g/mol. The Hall–Kier alpha value is -0.470. The second-order valence-corrected chi connectivity index (χ2v) is 6.09. The molecule has 0 radical (unpaired) electrons. The molecule has 0 spiro atoms. The van der Waals surface area contributed by atoms with Crippen LogP contribution < -0.4 is 5.32 Å². The number of hydrogen-bond donors (Lipinski definition) is 1. The van der Waals surface area contributed by atoms with Gasteiger partial charge in [-0.1, -0.05) is 18.2 Å². The average Bonchev–Trinajstić information content (AvgIpc) is 2.76. The highest BCUT2D eigenvalue weighted by molar-refractivity contribution is 8.00. The summed E-state index contributed by atoms with van der Waals surface area (Å²) in [6.45, 7) is 6.53. The first-order valence-corrected chi connectivity index (χ1v) is 7.19. The minimum Gasteiger partial charge on any atom is -0.312 e. The van der Waals surface area contributed by atoms with Crippen molar-refractivity contribution in [2.45, 2.75) is 38.5 Å². The highest BCUT2D eigenvalue weighted by Crippen LogP contribution is 2.25. The first-order chi connectivity index (χ1) is 7.75. The first kappa shape index (κ1) is 12.0. The van der Waals surface area contributed by atoms with Gasteiger partial charge in [-0.05, 0) is 49.1 Å². The van der Waals surface area contributed by atoms with Gasteiger partial charge in [0, 0.05) is 18.3 Å². The summed E-state index contributed by atoms with van der Waals surface area (Å²) in [5.74, 6) is 1.36. The highest BCUT2D eigenvalue weighted by atomic mass is 32.2. The average molecular weight is 235 g/mol. The maximum Gasteiger partial charge on any atom is 0.0206 e. The summed E-state index contributed by atoms with van der Waals surface area (Å²) in [6.07, 6.45) is 2.80. The van der Waals surface area contributed by atoms with Crippen molar-refractivity contribution in [3.8, 4) is 0 Å². The lowest BCUT2D eigenvalue weighted by Gasteiger charge is -2.11. The molecule has 1 aliphatic rings. The van der Waals surface area contributed by atoms with Gasteiger partial charge in [0.1, 0.15) is 0 Å². The number of rotatable bonds is 4. The van der Waals surface area contributed by atoms with Crippen molar-refractivity contribution in [1.82, 2.24) is 5.32 Å². The highest BCUT2D eigenvalue weighted by Gasteiger charge is 2.14. The molecule has 1 aliphatic heterocycles. The molecular formula is C14H21NS. The van der Waals surface area contributed by atoms with Gasteiger partial charge < -0.3 is 5.32 Å². The Bertz CT molecular complexity index is 343. The van der Waals surface area contributed by atoms with Gasteiger partial charge in [-0.2, -0.15) is 11.8 Å². The minimum atomic E-state index is 0.853. The Morgan fingerprint density at radius 2 is 2.19 bits per heavy atom. The zero-order valence-corrected chi connectivity index (χ0v) is 11.1. The van der Waals surface area contributed by atoms with Gasteiger partial charge in [-0.3, -0.25) is 0 Å². The summed E-state index contributed by atoms with van der Waals surface area (Å²) in [5.41, 5.74) is 4.19. The fourth-order valence-corrected chi connectivity index (χ4v) is 3.33. The molecule has 16 heavy (non-hydrogen) atoms. The summed E-state index contributed by atoms with van der Waals surface area (Å²) in [4.78, 5) is 0. The standard InChI is InChI=1S/C14H21NS/c1-11-5-6-13(8-12(11)2)9-15-10-14-4-3-7-16-14/h5-6,8,14-15H,3-4,7,9-10H2,1-2H3. The fraction of sp³-hybridized carbons (Fsp3) is 0.571. The van der Waals surface area contributed by atoms with Crippen molar-refractivity contribution in [2.75, 3.05) is 12.3 Å². The van der Waals surface area contributed by atoms with Crippen LogP contribution in [0.5, 0.6) is 0 Å². The molecule has 0 amide bonds. The normalized spacial score (nSPS) is 20.2. The quantitative estimate of drug-likeness (QED) is 0.859. The number of benzene rings is 1. The lowest BCUT2D eigenvalue weighted by Crippen LogP contribution is -2.22. The van der Waals surface area contributed by atoms with Crippen LogP contribution in [-0.4, -0.2) is 17.5 Å². The summed E-state index contributed by atoms with van der Waals surface area (Å²) >= 11 is 2.12. The van der Waals surface area contributed by atoms with E-state index < -0.39 is 0 Å². The van der Waals surface area contributed by atoms with Crippen LogP contribution in [0.15, 0.2) is 18.2 Å². The van der Waals surface area contributed by atoms with Crippen LogP contribution in [-0.2, 0) is 6.54 Å². The van der Waals surface area contributed by atoms with Gasteiger partial charge in [-0.25, -0.2) is 0 Å². The van der Waals surface area contributed by atoms with E-state index in [2.05, 4.69) is 49.1 Å². The molecule has 0 aliphatic carbocycles. The lowest BCUT2D eigenvalue weighted by atomic mass is 10.1. The molecule has 1 N–H and O–H groups in total. The molecule has 0 aromatic heterocycles. The molecule has 2 rings (SSSR count). The van der Waals surface area contributed by atoms with Crippen LogP contribution >= 0.6 is 11.8 Å². The Balaban J connectivity index is 1.78. The van der Waals surface area contributed by atoms with E-state index in [0.717, 1.165) is 18.3 Å². The zero-order valence-electron chi connectivity index (χ0n) is 10.3. The topological polar surface area (TPSA) is 12.0 Å². The molecule has 1 heterocycles. The van der Waals surface area contributed by atoms with Crippen LogP contribution in [0.2, 0.25) is 0 Å². The van der Waals surface area contributed by atoms with Crippen molar-refractivity contribution < 1.29 is 0 Å². The molecule has 1 nitrogen and oxygen atoms in total. The summed E-state index contributed by atoms with van der Waals surface area (Å²) in [6, 6.07) is 6.75. The molecule has 1 fully saturated rings. The van der Waals surface area contributed by atoms with Crippen molar-refractivity contribution in [2.24, 2.45) is 0 Å².